The summed E-state index contributed by atoms with van der Waals surface area (Å²) in [4.78, 5) is 22.7. The number of carbonyl (C=O) groups is 1. The number of thioether (sulfide) groups is 1. The zero-order valence-electron chi connectivity index (χ0n) is 14.9. The molecular weight excluding hydrogens is 382 g/mol. The van der Waals surface area contributed by atoms with Gasteiger partial charge in [-0.15, -0.1) is 10.2 Å². The number of rotatable bonds is 7. The monoisotopic (exact) mass is 399 g/mol. The number of aromatic hydroxyl groups is 1. The molecule has 3 aromatic rings. The van der Waals surface area contributed by atoms with Crippen molar-refractivity contribution in [1.29, 1.82) is 0 Å². The molecule has 144 valence electrons. The number of nitrogens with zero attached hydrogens (tertiary/aromatic N) is 4. The van der Waals surface area contributed by atoms with Gasteiger partial charge < -0.3 is 15.0 Å². The molecule has 1 amide bonds. The summed E-state index contributed by atoms with van der Waals surface area (Å²) in [6.45, 7) is 2.53. The highest BCUT2D eigenvalue weighted by atomic mass is 32.2. The van der Waals surface area contributed by atoms with E-state index in [9.17, 15) is 20.0 Å². The quantitative estimate of drug-likeness (QED) is 0.355. The number of hydrogen-bond donors (Lipinski definition) is 2. The summed E-state index contributed by atoms with van der Waals surface area (Å²) in [5.74, 6) is 0.438. The highest BCUT2D eigenvalue weighted by Gasteiger charge is 2.17. The SMILES string of the molecule is CCn1c(SCC(=O)Nc2ccccc2[N+](=O)[O-])nnc1-c1ccc(O)cc1. The molecule has 0 radical (unpaired) electrons. The average Bonchev–Trinajstić information content (AvgIpc) is 3.10. The molecule has 28 heavy (non-hydrogen) atoms. The van der Waals surface area contributed by atoms with Crippen LogP contribution in [0.1, 0.15) is 6.92 Å². The standard InChI is InChI=1S/C18H17N5O4S/c1-2-22-17(12-7-9-13(24)10-8-12)20-21-18(22)28-11-16(25)19-14-5-3-4-6-15(14)23(26)27/h3-10,24H,2,11H2,1H3,(H,19,25). The van der Waals surface area contributed by atoms with Gasteiger partial charge in [-0.2, -0.15) is 0 Å². The van der Waals surface area contributed by atoms with Crippen molar-refractivity contribution in [2.45, 2.75) is 18.6 Å². The molecule has 0 atom stereocenters. The van der Waals surface area contributed by atoms with E-state index >= 15 is 0 Å². The fourth-order valence-corrected chi connectivity index (χ4v) is 3.36. The molecule has 10 heteroatoms. The molecule has 1 aromatic heterocycles. The van der Waals surface area contributed by atoms with E-state index < -0.39 is 4.92 Å². The van der Waals surface area contributed by atoms with E-state index in [1.54, 1.807) is 30.3 Å². The van der Waals surface area contributed by atoms with Crippen molar-refractivity contribution >= 4 is 29.0 Å². The summed E-state index contributed by atoms with van der Waals surface area (Å²) in [5, 5.41) is 31.9. The summed E-state index contributed by atoms with van der Waals surface area (Å²) < 4.78 is 1.86. The van der Waals surface area contributed by atoms with E-state index in [2.05, 4.69) is 15.5 Å². The van der Waals surface area contributed by atoms with Crippen molar-refractivity contribution in [3.63, 3.8) is 0 Å². The van der Waals surface area contributed by atoms with Gasteiger partial charge in [0.05, 0.1) is 10.7 Å². The summed E-state index contributed by atoms with van der Waals surface area (Å²) >= 11 is 1.19. The largest absolute Gasteiger partial charge is 0.508 e. The summed E-state index contributed by atoms with van der Waals surface area (Å²) in [5.41, 5.74) is 0.787. The fraction of sp³-hybridized carbons (Fsp3) is 0.167. The highest BCUT2D eigenvalue weighted by molar-refractivity contribution is 7.99. The Morgan fingerprint density at radius 1 is 1.21 bits per heavy atom. The van der Waals surface area contributed by atoms with Crippen LogP contribution < -0.4 is 5.32 Å². The van der Waals surface area contributed by atoms with Crippen LogP contribution in [0.4, 0.5) is 11.4 Å². The summed E-state index contributed by atoms with van der Waals surface area (Å²) in [7, 11) is 0. The third-order valence-electron chi connectivity index (χ3n) is 3.87. The summed E-state index contributed by atoms with van der Waals surface area (Å²) in [6.07, 6.45) is 0. The number of hydrogen-bond acceptors (Lipinski definition) is 7. The Labute approximate surface area is 164 Å². The van der Waals surface area contributed by atoms with Crippen LogP contribution in [-0.4, -0.2) is 36.5 Å². The van der Waals surface area contributed by atoms with Crippen LogP contribution >= 0.6 is 11.8 Å². The van der Waals surface area contributed by atoms with Crippen LogP contribution in [0.25, 0.3) is 11.4 Å². The molecule has 2 aromatic carbocycles. The molecule has 2 N–H and O–H groups in total. The minimum atomic E-state index is -0.541. The Kier molecular flexibility index (Phi) is 5.90. The smallest absolute Gasteiger partial charge is 0.292 e. The third-order valence-corrected chi connectivity index (χ3v) is 4.83. The number of carbonyl (C=O) groups excluding carboxylic acids is 1. The van der Waals surface area contributed by atoms with Crippen LogP contribution in [0.5, 0.6) is 5.75 Å². The number of amides is 1. The highest BCUT2D eigenvalue weighted by Crippen LogP contribution is 2.26. The lowest BCUT2D eigenvalue weighted by Crippen LogP contribution is -2.15. The molecule has 0 bridgehead atoms. The molecule has 0 aliphatic carbocycles. The van der Waals surface area contributed by atoms with Crippen LogP contribution in [-0.2, 0) is 11.3 Å². The minimum Gasteiger partial charge on any atom is -0.508 e. The fourth-order valence-electron chi connectivity index (χ4n) is 2.56. The number of aromatic nitrogens is 3. The number of para-hydroxylation sites is 2. The first-order chi connectivity index (χ1) is 13.5. The number of benzene rings is 2. The molecule has 0 aliphatic rings. The van der Waals surface area contributed by atoms with Crippen molar-refractivity contribution in [2.24, 2.45) is 0 Å². The van der Waals surface area contributed by atoms with Gasteiger partial charge in [0.2, 0.25) is 5.91 Å². The lowest BCUT2D eigenvalue weighted by Gasteiger charge is -2.08. The van der Waals surface area contributed by atoms with Gasteiger partial charge in [0.1, 0.15) is 11.4 Å². The van der Waals surface area contributed by atoms with Gasteiger partial charge >= 0.3 is 0 Å². The maximum atomic E-state index is 12.2. The first-order valence-electron chi connectivity index (χ1n) is 8.38. The Bertz CT molecular complexity index is 1000. The van der Waals surface area contributed by atoms with Crippen LogP contribution in [0.3, 0.4) is 0 Å². The number of phenolic OH excluding ortho intramolecular Hbond substituents is 1. The maximum absolute atomic E-state index is 12.2. The number of phenols is 1. The molecule has 1 heterocycles. The Hall–Kier alpha value is -3.40. The molecule has 0 aliphatic heterocycles. The lowest BCUT2D eigenvalue weighted by molar-refractivity contribution is -0.383. The maximum Gasteiger partial charge on any atom is 0.292 e. The van der Waals surface area contributed by atoms with E-state index in [-0.39, 0.29) is 28.8 Å². The van der Waals surface area contributed by atoms with Gasteiger partial charge in [-0.1, -0.05) is 23.9 Å². The molecular formula is C18H17N5O4S. The van der Waals surface area contributed by atoms with Gasteiger partial charge in [0.15, 0.2) is 11.0 Å². The average molecular weight is 399 g/mol. The molecule has 0 saturated carbocycles. The van der Waals surface area contributed by atoms with Crippen molar-refractivity contribution in [3.8, 4) is 17.1 Å². The molecule has 0 unspecified atom stereocenters. The van der Waals surface area contributed by atoms with Crippen molar-refractivity contribution in [1.82, 2.24) is 14.8 Å². The second-order valence-electron chi connectivity index (χ2n) is 5.71. The van der Waals surface area contributed by atoms with Gasteiger partial charge in [-0.05, 0) is 37.3 Å². The molecule has 3 rings (SSSR count). The minimum absolute atomic E-state index is 0.0275. The second kappa shape index (κ2) is 8.53. The Morgan fingerprint density at radius 3 is 2.61 bits per heavy atom. The van der Waals surface area contributed by atoms with E-state index in [4.69, 9.17) is 0 Å². The molecule has 0 fully saturated rings. The van der Waals surface area contributed by atoms with Gasteiger partial charge in [-0.3, -0.25) is 14.9 Å². The van der Waals surface area contributed by atoms with E-state index in [1.165, 1.54) is 30.0 Å². The Balaban J connectivity index is 1.70. The predicted octanol–water partition coefficient (Wildman–Crippen LogP) is 3.31. The number of nitro groups is 1. The van der Waals surface area contributed by atoms with Gasteiger partial charge in [0, 0.05) is 18.2 Å². The summed E-state index contributed by atoms with van der Waals surface area (Å²) in [6, 6.07) is 12.6. The van der Waals surface area contributed by atoms with Crippen molar-refractivity contribution in [3.05, 3.63) is 58.6 Å². The van der Waals surface area contributed by atoms with E-state index in [0.29, 0.717) is 17.5 Å². The zero-order valence-corrected chi connectivity index (χ0v) is 15.7. The zero-order chi connectivity index (χ0) is 20.1. The molecule has 0 spiro atoms. The van der Waals surface area contributed by atoms with Gasteiger partial charge in [-0.25, -0.2) is 0 Å². The number of nitrogens with one attached hydrogen (secondary N) is 1. The van der Waals surface area contributed by atoms with Crippen molar-refractivity contribution < 1.29 is 14.8 Å². The molecule has 9 nitrogen and oxygen atoms in total. The van der Waals surface area contributed by atoms with E-state index in [1.807, 2.05) is 11.5 Å². The normalized spacial score (nSPS) is 10.6. The van der Waals surface area contributed by atoms with Crippen LogP contribution in [0.2, 0.25) is 0 Å². The third kappa shape index (κ3) is 4.29. The lowest BCUT2D eigenvalue weighted by atomic mass is 10.2. The van der Waals surface area contributed by atoms with E-state index in [0.717, 1.165) is 5.56 Å². The second-order valence-corrected chi connectivity index (χ2v) is 6.65. The Morgan fingerprint density at radius 2 is 1.93 bits per heavy atom. The number of anilines is 1. The predicted molar refractivity (Wildman–Crippen MR) is 105 cm³/mol. The first-order valence-corrected chi connectivity index (χ1v) is 9.36. The van der Waals surface area contributed by atoms with Crippen LogP contribution in [0.15, 0.2) is 53.7 Å². The topological polar surface area (TPSA) is 123 Å². The molecule has 0 saturated heterocycles. The van der Waals surface area contributed by atoms with Crippen molar-refractivity contribution in [2.75, 3.05) is 11.1 Å². The first kappa shape index (κ1) is 19.4. The van der Waals surface area contributed by atoms with Crippen LogP contribution in [0, 0.1) is 10.1 Å². The number of nitro benzene ring substituents is 1. The van der Waals surface area contributed by atoms with Gasteiger partial charge in [0.25, 0.3) is 5.69 Å².